The largest absolute Gasteiger partial charge is 0.384 e. The monoisotopic (exact) mass is 251 g/mol. The molecule has 0 radical (unpaired) electrons. The van der Waals surface area contributed by atoms with E-state index in [2.05, 4.69) is 17.2 Å². The maximum Gasteiger partial charge on any atom is 0.252 e. The van der Waals surface area contributed by atoms with Crippen molar-refractivity contribution in [2.24, 2.45) is 0 Å². The molecule has 0 spiro atoms. The Bertz CT molecular complexity index is 399. The number of hydrogen-bond acceptors (Lipinski definition) is 4. The summed E-state index contributed by atoms with van der Waals surface area (Å²) in [7, 11) is 0. The highest BCUT2D eigenvalue weighted by Crippen LogP contribution is 2.36. The van der Waals surface area contributed by atoms with Crippen molar-refractivity contribution >= 4 is 23.5 Å². The van der Waals surface area contributed by atoms with E-state index >= 15 is 0 Å². The fraction of sp³-hybridized carbons (Fsp3) is 0.500. The first-order valence-corrected chi connectivity index (χ1v) is 6.71. The summed E-state index contributed by atoms with van der Waals surface area (Å²) in [6, 6.07) is 3.34. The Balaban J connectivity index is 1.91. The second-order valence-corrected chi connectivity index (χ2v) is 6.24. The van der Waals surface area contributed by atoms with Crippen LogP contribution in [-0.2, 0) is 0 Å². The molecule has 1 saturated heterocycles. The van der Waals surface area contributed by atoms with Crippen LogP contribution < -0.4 is 11.1 Å². The zero-order valence-corrected chi connectivity index (χ0v) is 10.7. The zero-order chi connectivity index (χ0) is 12.3. The molecule has 0 aromatic carbocycles. The van der Waals surface area contributed by atoms with Crippen molar-refractivity contribution in [1.82, 2.24) is 10.3 Å². The maximum absolute atomic E-state index is 11.9. The minimum atomic E-state index is -0.0776. The third kappa shape index (κ3) is 3.12. The molecule has 1 aromatic heterocycles. The molecule has 0 bridgehead atoms. The van der Waals surface area contributed by atoms with Crippen molar-refractivity contribution in [3.63, 3.8) is 0 Å². The summed E-state index contributed by atoms with van der Waals surface area (Å²) in [6.07, 6.45) is 3.91. The van der Waals surface area contributed by atoms with Gasteiger partial charge in [-0.3, -0.25) is 4.79 Å². The van der Waals surface area contributed by atoms with E-state index in [0.29, 0.717) is 17.9 Å². The van der Waals surface area contributed by atoms with Crippen LogP contribution in [-0.4, -0.2) is 27.9 Å². The van der Waals surface area contributed by atoms with Gasteiger partial charge in [0.15, 0.2) is 0 Å². The number of carbonyl (C=O) groups excluding carboxylic acids is 1. The second kappa shape index (κ2) is 4.96. The molecule has 1 atom stereocenters. The summed E-state index contributed by atoms with van der Waals surface area (Å²) in [5, 5.41) is 2.96. The lowest BCUT2D eigenvalue weighted by molar-refractivity contribution is 0.0949. The average molecular weight is 251 g/mol. The van der Waals surface area contributed by atoms with E-state index in [1.807, 2.05) is 11.8 Å². The Morgan fingerprint density at radius 3 is 3.06 bits per heavy atom. The molecule has 0 aliphatic carbocycles. The van der Waals surface area contributed by atoms with Gasteiger partial charge in [0.25, 0.3) is 5.91 Å². The molecule has 1 aromatic rings. The van der Waals surface area contributed by atoms with Gasteiger partial charge in [-0.2, -0.15) is 11.8 Å². The molecule has 1 amide bonds. The van der Waals surface area contributed by atoms with Gasteiger partial charge in [0, 0.05) is 17.5 Å². The summed E-state index contributed by atoms with van der Waals surface area (Å²) in [4.78, 5) is 15.8. The van der Waals surface area contributed by atoms with Crippen LogP contribution in [0, 0.1) is 0 Å². The molecular weight excluding hydrogens is 234 g/mol. The zero-order valence-electron chi connectivity index (χ0n) is 9.90. The van der Waals surface area contributed by atoms with E-state index in [-0.39, 0.29) is 10.7 Å². The summed E-state index contributed by atoms with van der Waals surface area (Å²) in [6.45, 7) is 2.91. The number of nitrogen functional groups attached to an aromatic ring is 1. The molecule has 5 heteroatoms. The normalized spacial score (nSPS) is 23.6. The summed E-state index contributed by atoms with van der Waals surface area (Å²) >= 11 is 1.93. The summed E-state index contributed by atoms with van der Waals surface area (Å²) in [5.74, 6) is 1.54. The molecule has 17 heavy (non-hydrogen) atoms. The van der Waals surface area contributed by atoms with Gasteiger partial charge in [-0.05, 0) is 37.7 Å². The maximum atomic E-state index is 11.9. The van der Waals surface area contributed by atoms with E-state index in [4.69, 9.17) is 5.73 Å². The van der Waals surface area contributed by atoms with E-state index < -0.39 is 0 Å². The van der Waals surface area contributed by atoms with Gasteiger partial charge in [0.2, 0.25) is 0 Å². The van der Waals surface area contributed by atoms with Crippen LogP contribution in [0.4, 0.5) is 5.82 Å². The fourth-order valence-electron chi connectivity index (χ4n) is 1.89. The van der Waals surface area contributed by atoms with Crippen LogP contribution in [0.3, 0.4) is 0 Å². The number of nitrogens with zero attached hydrogens (tertiary/aromatic N) is 1. The number of nitrogens with two attached hydrogens (primary N) is 1. The van der Waals surface area contributed by atoms with Gasteiger partial charge in [-0.25, -0.2) is 4.98 Å². The molecule has 0 saturated carbocycles. The Kier molecular flexibility index (Phi) is 3.57. The Morgan fingerprint density at radius 1 is 1.65 bits per heavy atom. The molecule has 3 N–H and O–H groups in total. The lowest BCUT2D eigenvalue weighted by Crippen LogP contribution is -2.36. The average Bonchev–Trinajstić information content (AvgIpc) is 2.75. The van der Waals surface area contributed by atoms with Crippen LogP contribution in [0.15, 0.2) is 18.3 Å². The van der Waals surface area contributed by atoms with Gasteiger partial charge in [-0.15, -0.1) is 0 Å². The third-order valence-electron chi connectivity index (χ3n) is 2.97. The van der Waals surface area contributed by atoms with Crippen LogP contribution >= 0.6 is 11.8 Å². The number of pyridine rings is 1. The first-order chi connectivity index (χ1) is 8.09. The van der Waals surface area contributed by atoms with Crippen molar-refractivity contribution in [3.8, 4) is 0 Å². The predicted molar refractivity (Wildman–Crippen MR) is 71.1 cm³/mol. The smallest absolute Gasteiger partial charge is 0.252 e. The van der Waals surface area contributed by atoms with Crippen LogP contribution in [0.5, 0.6) is 0 Å². The molecule has 4 nitrogen and oxygen atoms in total. The minimum absolute atomic E-state index is 0.0776. The lowest BCUT2D eigenvalue weighted by Gasteiger charge is -2.22. The first kappa shape index (κ1) is 12.2. The Labute approximate surface area is 105 Å². The molecule has 2 heterocycles. The highest BCUT2D eigenvalue weighted by atomic mass is 32.2. The van der Waals surface area contributed by atoms with Crippen molar-refractivity contribution < 1.29 is 4.79 Å². The lowest BCUT2D eigenvalue weighted by atomic mass is 10.1. The summed E-state index contributed by atoms with van der Waals surface area (Å²) < 4.78 is 0.191. The van der Waals surface area contributed by atoms with E-state index in [9.17, 15) is 4.79 Å². The predicted octanol–water partition coefficient (Wildman–Crippen LogP) is 1.68. The molecule has 1 unspecified atom stereocenters. The number of aromatic nitrogens is 1. The molecule has 2 rings (SSSR count). The molecular formula is C12H17N3OS. The van der Waals surface area contributed by atoms with Crippen molar-refractivity contribution in [1.29, 1.82) is 0 Å². The number of rotatable bonds is 3. The SMILES string of the molecule is CC1(CNC(=O)c2ccc(N)nc2)CCCS1. The first-order valence-electron chi connectivity index (χ1n) is 5.73. The van der Waals surface area contributed by atoms with Gasteiger partial charge in [0.05, 0.1) is 5.56 Å². The number of hydrogen-bond donors (Lipinski definition) is 2. The number of anilines is 1. The van der Waals surface area contributed by atoms with Gasteiger partial charge in [-0.1, -0.05) is 0 Å². The quantitative estimate of drug-likeness (QED) is 0.857. The molecule has 1 aliphatic heterocycles. The highest BCUT2D eigenvalue weighted by Gasteiger charge is 2.29. The van der Waals surface area contributed by atoms with E-state index in [0.717, 1.165) is 6.42 Å². The van der Waals surface area contributed by atoms with Gasteiger partial charge in [0.1, 0.15) is 5.82 Å². The standard InChI is InChI=1S/C12H17N3OS/c1-12(5-2-6-17-12)8-15-11(16)9-3-4-10(13)14-7-9/h3-4,7H,2,5-6,8H2,1H3,(H2,13,14)(H,15,16). The highest BCUT2D eigenvalue weighted by molar-refractivity contribution is 8.00. The number of amides is 1. The topological polar surface area (TPSA) is 68.0 Å². The molecule has 92 valence electrons. The minimum Gasteiger partial charge on any atom is -0.384 e. The molecule has 1 fully saturated rings. The Morgan fingerprint density at radius 2 is 2.47 bits per heavy atom. The Hall–Kier alpha value is -1.23. The van der Waals surface area contributed by atoms with Gasteiger partial charge < -0.3 is 11.1 Å². The second-order valence-electron chi connectivity index (χ2n) is 4.56. The van der Waals surface area contributed by atoms with E-state index in [1.165, 1.54) is 18.4 Å². The van der Waals surface area contributed by atoms with Crippen LogP contribution in [0.2, 0.25) is 0 Å². The van der Waals surface area contributed by atoms with Crippen molar-refractivity contribution in [3.05, 3.63) is 23.9 Å². The summed E-state index contributed by atoms with van der Waals surface area (Å²) in [5.41, 5.74) is 6.04. The number of carbonyl (C=O) groups is 1. The fourth-order valence-corrected chi connectivity index (χ4v) is 3.13. The van der Waals surface area contributed by atoms with Crippen LogP contribution in [0.1, 0.15) is 30.1 Å². The van der Waals surface area contributed by atoms with E-state index in [1.54, 1.807) is 12.1 Å². The van der Waals surface area contributed by atoms with Crippen LogP contribution in [0.25, 0.3) is 0 Å². The number of nitrogens with one attached hydrogen (secondary N) is 1. The van der Waals surface area contributed by atoms with Crippen molar-refractivity contribution in [2.45, 2.75) is 24.5 Å². The third-order valence-corrected chi connectivity index (χ3v) is 4.51. The number of thioether (sulfide) groups is 1. The van der Waals surface area contributed by atoms with Crippen molar-refractivity contribution in [2.75, 3.05) is 18.0 Å². The molecule has 1 aliphatic rings. The van der Waals surface area contributed by atoms with Gasteiger partial charge >= 0.3 is 0 Å².